The van der Waals surface area contributed by atoms with Crippen LogP contribution >= 0.6 is 23.8 Å². The van der Waals surface area contributed by atoms with Crippen molar-refractivity contribution in [2.45, 2.75) is 26.9 Å². The molecule has 0 aromatic heterocycles. The molecule has 1 N–H and O–H groups in total. The van der Waals surface area contributed by atoms with Gasteiger partial charge in [0, 0.05) is 12.6 Å². The molecule has 0 aliphatic carbocycles. The number of halogens is 1. The number of esters is 2. The summed E-state index contributed by atoms with van der Waals surface area (Å²) < 4.78 is 15.0. The second-order valence-electron chi connectivity index (χ2n) is 4.75. The maximum Gasteiger partial charge on any atom is 0.339 e. The molecule has 1 aromatic rings. The fourth-order valence-electron chi connectivity index (χ4n) is 1.52. The molecular formula is C15H18ClNO5S. The van der Waals surface area contributed by atoms with Crippen LogP contribution in [0.25, 0.3) is 0 Å². The Bertz CT molecular complexity index is 591. The van der Waals surface area contributed by atoms with Crippen molar-refractivity contribution in [1.82, 2.24) is 0 Å². The number of ether oxygens (including phenoxy) is 3. The first kappa shape index (κ1) is 19.2. The Balaban J connectivity index is 2.67. The fourth-order valence-corrected chi connectivity index (χ4v) is 2.02. The summed E-state index contributed by atoms with van der Waals surface area (Å²) in [7, 11) is 0. The Labute approximate surface area is 145 Å². The molecule has 0 aliphatic heterocycles. The van der Waals surface area contributed by atoms with Gasteiger partial charge in [0.15, 0.2) is 0 Å². The maximum atomic E-state index is 12.0. The molecule has 0 amide bonds. The second-order valence-corrected chi connectivity index (χ2v) is 5.53. The van der Waals surface area contributed by atoms with E-state index in [4.69, 9.17) is 33.3 Å². The Morgan fingerprint density at radius 2 is 1.91 bits per heavy atom. The van der Waals surface area contributed by atoms with Gasteiger partial charge in [0.05, 0.1) is 16.7 Å². The minimum atomic E-state index is -0.624. The van der Waals surface area contributed by atoms with Gasteiger partial charge in [0.25, 0.3) is 5.17 Å². The Kier molecular flexibility index (Phi) is 7.77. The smallest absolute Gasteiger partial charge is 0.339 e. The number of thiocarbonyl (C=S) groups is 1. The van der Waals surface area contributed by atoms with Crippen LogP contribution in [0.4, 0.5) is 5.69 Å². The standard InChI is InChI=1S/C15H18ClNO5S/c1-9(2)22-15(23)17-11-4-5-13(16)12(8-11)14(19)21-7-6-20-10(3)18/h4-5,8-9H,6-7H2,1-3H3,(H,17,23). The van der Waals surface area contributed by atoms with Crippen molar-refractivity contribution in [2.75, 3.05) is 18.5 Å². The van der Waals surface area contributed by atoms with Gasteiger partial charge in [-0.3, -0.25) is 4.79 Å². The summed E-state index contributed by atoms with van der Waals surface area (Å²) in [6.07, 6.45) is -0.0620. The van der Waals surface area contributed by atoms with E-state index in [0.29, 0.717) is 5.69 Å². The zero-order valence-corrected chi connectivity index (χ0v) is 14.6. The van der Waals surface area contributed by atoms with E-state index in [1.54, 1.807) is 12.1 Å². The lowest BCUT2D eigenvalue weighted by molar-refractivity contribution is -0.142. The minimum Gasteiger partial charge on any atom is -0.468 e. The van der Waals surface area contributed by atoms with Crippen molar-refractivity contribution in [1.29, 1.82) is 0 Å². The molecule has 0 saturated carbocycles. The minimum absolute atomic E-state index is 0.0110. The second kappa shape index (κ2) is 9.32. The lowest BCUT2D eigenvalue weighted by Gasteiger charge is -2.13. The highest BCUT2D eigenvalue weighted by Crippen LogP contribution is 2.21. The van der Waals surface area contributed by atoms with Gasteiger partial charge in [0.2, 0.25) is 0 Å². The average molecular weight is 360 g/mol. The third-order valence-electron chi connectivity index (χ3n) is 2.40. The zero-order chi connectivity index (χ0) is 17.4. The van der Waals surface area contributed by atoms with E-state index >= 15 is 0 Å². The van der Waals surface area contributed by atoms with Crippen LogP contribution in [0, 0.1) is 0 Å². The lowest BCUT2D eigenvalue weighted by Crippen LogP contribution is -2.18. The molecule has 0 bridgehead atoms. The molecule has 0 atom stereocenters. The van der Waals surface area contributed by atoms with E-state index in [1.165, 1.54) is 13.0 Å². The van der Waals surface area contributed by atoms with Gasteiger partial charge in [-0.15, -0.1) is 0 Å². The quantitative estimate of drug-likeness (QED) is 0.475. The van der Waals surface area contributed by atoms with E-state index < -0.39 is 11.9 Å². The summed E-state index contributed by atoms with van der Waals surface area (Å²) in [5, 5.41) is 3.28. The normalized spacial score (nSPS) is 10.1. The monoisotopic (exact) mass is 359 g/mol. The molecule has 6 nitrogen and oxygen atoms in total. The molecule has 0 aliphatic rings. The number of benzene rings is 1. The summed E-state index contributed by atoms with van der Waals surface area (Å²) in [6, 6.07) is 4.71. The van der Waals surface area contributed by atoms with Gasteiger partial charge in [0.1, 0.15) is 13.2 Å². The first-order valence-corrected chi connectivity index (χ1v) is 7.66. The van der Waals surface area contributed by atoms with Crippen LogP contribution in [0.15, 0.2) is 18.2 Å². The van der Waals surface area contributed by atoms with Gasteiger partial charge < -0.3 is 19.5 Å². The molecular weight excluding hydrogens is 342 g/mol. The fraction of sp³-hybridized carbons (Fsp3) is 0.400. The molecule has 23 heavy (non-hydrogen) atoms. The molecule has 1 rings (SSSR count). The summed E-state index contributed by atoms with van der Waals surface area (Å²) in [5.41, 5.74) is 0.721. The topological polar surface area (TPSA) is 73.9 Å². The van der Waals surface area contributed by atoms with Crippen molar-refractivity contribution in [3.05, 3.63) is 28.8 Å². The molecule has 0 spiro atoms. The average Bonchev–Trinajstić information content (AvgIpc) is 2.44. The van der Waals surface area contributed by atoms with Crippen LogP contribution in [0.3, 0.4) is 0 Å². The van der Waals surface area contributed by atoms with E-state index in [0.717, 1.165) is 0 Å². The van der Waals surface area contributed by atoms with Crippen LogP contribution in [-0.4, -0.2) is 36.4 Å². The Morgan fingerprint density at radius 1 is 1.26 bits per heavy atom. The van der Waals surface area contributed by atoms with Crippen molar-refractivity contribution in [2.24, 2.45) is 0 Å². The highest BCUT2D eigenvalue weighted by molar-refractivity contribution is 7.80. The predicted molar refractivity (Wildman–Crippen MR) is 90.8 cm³/mol. The summed E-state index contributed by atoms with van der Waals surface area (Å²) in [4.78, 5) is 22.6. The van der Waals surface area contributed by atoms with E-state index in [1.807, 2.05) is 13.8 Å². The SMILES string of the molecule is CC(=O)OCCOC(=O)c1cc(NC(=S)OC(C)C)ccc1Cl. The van der Waals surface area contributed by atoms with Crippen molar-refractivity contribution >= 4 is 46.6 Å². The number of rotatable bonds is 6. The van der Waals surface area contributed by atoms with Gasteiger partial charge >= 0.3 is 11.9 Å². The summed E-state index contributed by atoms with van der Waals surface area (Å²) in [6.45, 7) is 4.91. The third-order valence-corrected chi connectivity index (χ3v) is 2.93. The molecule has 126 valence electrons. The van der Waals surface area contributed by atoms with Crippen LogP contribution in [0.1, 0.15) is 31.1 Å². The molecule has 0 heterocycles. The van der Waals surface area contributed by atoms with Crippen molar-refractivity contribution in [3.8, 4) is 0 Å². The molecule has 0 radical (unpaired) electrons. The van der Waals surface area contributed by atoms with Crippen LogP contribution < -0.4 is 5.32 Å². The van der Waals surface area contributed by atoms with Gasteiger partial charge in [-0.1, -0.05) is 11.6 Å². The first-order chi connectivity index (χ1) is 10.8. The zero-order valence-electron chi connectivity index (χ0n) is 13.1. The molecule has 8 heteroatoms. The molecule has 0 fully saturated rings. The lowest BCUT2D eigenvalue weighted by atomic mass is 10.2. The molecule has 1 aromatic carbocycles. The number of carbonyl (C=O) groups is 2. The molecule has 0 saturated heterocycles. The van der Waals surface area contributed by atoms with Crippen LogP contribution in [0.2, 0.25) is 5.02 Å². The summed E-state index contributed by atoms with van der Waals surface area (Å²) in [5.74, 6) is -1.06. The van der Waals surface area contributed by atoms with Crippen LogP contribution in [-0.2, 0) is 19.0 Å². The van der Waals surface area contributed by atoms with E-state index in [9.17, 15) is 9.59 Å². The number of hydrogen-bond donors (Lipinski definition) is 1. The number of anilines is 1. The van der Waals surface area contributed by atoms with E-state index in [2.05, 4.69) is 10.1 Å². The number of hydrogen-bond acceptors (Lipinski definition) is 6. The van der Waals surface area contributed by atoms with Crippen molar-refractivity contribution < 1.29 is 23.8 Å². The van der Waals surface area contributed by atoms with Gasteiger partial charge in [-0.25, -0.2) is 4.79 Å². The Morgan fingerprint density at radius 3 is 2.52 bits per heavy atom. The Hall–Kier alpha value is -1.86. The third kappa shape index (κ3) is 7.30. The van der Waals surface area contributed by atoms with E-state index in [-0.39, 0.29) is 35.1 Å². The molecule has 0 unspecified atom stereocenters. The van der Waals surface area contributed by atoms with Gasteiger partial charge in [-0.05, 0) is 44.3 Å². The first-order valence-electron chi connectivity index (χ1n) is 6.87. The highest BCUT2D eigenvalue weighted by atomic mass is 35.5. The summed E-state index contributed by atoms with van der Waals surface area (Å²) >= 11 is 11.0. The largest absolute Gasteiger partial charge is 0.468 e. The highest BCUT2D eigenvalue weighted by Gasteiger charge is 2.14. The maximum absolute atomic E-state index is 12.0. The van der Waals surface area contributed by atoms with Crippen LogP contribution in [0.5, 0.6) is 0 Å². The number of nitrogens with one attached hydrogen (secondary N) is 1. The van der Waals surface area contributed by atoms with Gasteiger partial charge in [-0.2, -0.15) is 0 Å². The predicted octanol–water partition coefficient (Wildman–Crippen LogP) is 3.18. The number of carbonyl (C=O) groups excluding carboxylic acids is 2. The van der Waals surface area contributed by atoms with Crippen molar-refractivity contribution in [3.63, 3.8) is 0 Å².